The average molecular weight is 375 g/mol. The Morgan fingerprint density at radius 3 is 2.54 bits per heavy atom. The lowest BCUT2D eigenvalue weighted by atomic mass is 9.92. The van der Waals surface area contributed by atoms with E-state index < -0.39 is 0 Å². The van der Waals surface area contributed by atoms with Gasteiger partial charge in [0.25, 0.3) is 5.91 Å². The van der Waals surface area contributed by atoms with Crippen molar-refractivity contribution in [1.29, 1.82) is 0 Å². The van der Waals surface area contributed by atoms with Crippen molar-refractivity contribution in [1.82, 2.24) is 10.3 Å². The number of nitrogens with zero attached hydrogens (tertiary/aromatic N) is 1. The van der Waals surface area contributed by atoms with Crippen molar-refractivity contribution in [3.05, 3.63) is 28.8 Å². The number of nitrogens with one attached hydrogen (secondary N) is 1. The van der Waals surface area contributed by atoms with Crippen molar-refractivity contribution in [2.24, 2.45) is 5.73 Å². The molecule has 0 radical (unpaired) electrons. The van der Waals surface area contributed by atoms with Crippen molar-refractivity contribution in [3.63, 3.8) is 0 Å². The molecule has 1 aromatic carbocycles. The highest BCUT2D eigenvalue weighted by atomic mass is 32.1. The number of thiazole rings is 1. The van der Waals surface area contributed by atoms with Gasteiger partial charge in [0.1, 0.15) is 9.88 Å². The highest BCUT2D eigenvalue weighted by Gasteiger charge is 2.23. The van der Waals surface area contributed by atoms with Gasteiger partial charge in [-0.25, -0.2) is 4.98 Å². The lowest BCUT2D eigenvalue weighted by molar-refractivity contribution is 0.0929. The van der Waals surface area contributed by atoms with E-state index in [0.717, 1.165) is 41.9 Å². The molecule has 0 aliphatic heterocycles. The first kappa shape index (κ1) is 18.7. The van der Waals surface area contributed by atoms with E-state index in [1.165, 1.54) is 11.3 Å². The summed E-state index contributed by atoms with van der Waals surface area (Å²) in [5.74, 6) is 1.26. The van der Waals surface area contributed by atoms with Gasteiger partial charge in [-0.15, -0.1) is 11.3 Å². The van der Waals surface area contributed by atoms with E-state index in [1.54, 1.807) is 14.2 Å². The first-order valence-electron chi connectivity index (χ1n) is 8.78. The summed E-state index contributed by atoms with van der Waals surface area (Å²) in [5.41, 5.74) is 7.58. The number of hydrogen-bond acceptors (Lipinski definition) is 6. The molecular formula is C19H25N3O3S. The largest absolute Gasteiger partial charge is 0.493 e. The van der Waals surface area contributed by atoms with Crippen LogP contribution in [0.2, 0.25) is 0 Å². The normalized spacial score (nSPS) is 19.8. The predicted molar refractivity (Wildman–Crippen MR) is 103 cm³/mol. The summed E-state index contributed by atoms with van der Waals surface area (Å²) < 4.78 is 10.6. The molecule has 3 N–H and O–H groups in total. The van der Waals surface area contributed by atoms with Gasteiger partial charge in [-0.3, -0.25) is 4.79 Å². The third-order valence-corrected chi connectivity index (χ3v) is 5.95. The Morgan fingerprint density at radius 1 is 1.19 bits per heavy atom. The van der Waals surface area contributed by atoms with Gasteiger partial charge in [0.15, 0.2) is 11.5 Å². The van der Waals surface area contributed by atoms with Crippen LogP contribution in [0.25, 0.3) is 10.6 Å². The zero-order valence-electron chi connectivity index (χ0n) is 15.4. The van der Waals surface area contributed by atoms with Crippen LogP contribution in [-0.2, 0) is 0 Å². The van der Waals surface area contributed by atoms with E-state index in [4.69, 9.17) is 15.2 Å². The molecule has 0 spiro atoms. The molecule has 1 aliphatic rings. The molecular weight excluding hydrogens is 350 g/mol. The van der Waals surface area contributed by atoms with Crippen LogP contribution < -0.4 is 20.5 Å². The molecule has 2 aromatic rings. The lowest BCUT2D eigenvalue weighted by Gasteiger charge is -2.26. The van der Waals surface area contributed by atoms with Gasteiger partial charge in [0, 0.05) is 17.6 Å². The fraction of sp³-hybridized carbons (Fsp3) is 0.474. The second-order valence-electron chi connectivity index (χ2n) is 6.59. The van der Waals surface area contributed by atoms with Crippen LogP contribution in [0.15, 0.2) is 18.2 Å². The molecule has 1 aromatic heterocycles. The number of benzene rings is 1. The van der Waals surface area contributed by atoms with Crippen LogP contribution in [0.1, 0.15) is 41.0 Å². The van der Waals surface area contributed by atoms with Crippen molar-refractivity contribution < 1.29 is 14.3 Å². The molecule has 1 aliphatic carbocycles. The van der Waals surface area contributed by atoms with Crippen LogP contribution >= 0.6 is 11.3 Å². The maximum absolute atomic E-state index is 12.7. The number of amides is 1. The number of aryl methyl sites for hydroxylation is 1. The summed E-state index contributed by atoms with van der Waals surface area (Å²) in [6.07, 6.45) is 3.80. The number of carbonyl (C=O) groups excluding carboxylic acids is 1. The number of aromatic nitrogens is 1. The number of ether oxygens (including phenoxy) is 2. The number of nitrogens with two attached hydrogens (primary N) is 1. The second kappa shape index (κ2) is 8.05. The van der Waals surface area contributed by atoms with Crippen LogP contribution in [0.3, 0.4) is 0 Å². The predicted octanol–water partition coefficient (Wildman–Crippen LogP) is 3.14. The zero-order valence-corrected chi connectivity index (χ0v) is 16.2. The highest BCUT2D eigenvalue weighted by Crippen LogP contribution is 2.35. The van der Waals surface area contributed by atoms with E-state index in [2.05, 4.69) is 10.3 Å². The van der Waals surface area contributed by atoms with Crippen LogP contribution in [0.4, 0.5) is 0 Å². The number of hydrogen-bond donors (Lipinski definition) is 2. The standard InChI is InChI=1S/C19H25N3O3S/c1-11-17(18(23)22-14-7-5-13(20)6-8-14)26-19(21-11)12-4-9-15(24-2)16(10-12)25-3/h4,9-10,13-14H,5-8,20H2,1-3H3,(H,22,23). The Balaban J connectivity index is 1.77. The molecule has 26 heavy (non-hydrogen) atoms. The Kier molecular flexibility index (Phi) is 5.78. The molecule has 0 saturated heterocycles. The van der Waals surface area contributed by atoms with Crippen LogP contribution in [-0.4, -0.2) is 37.2 Å². The van der Waals surface area contributed by atoms with Crippen LogP contribution in [0, 0.1) is 6.92 Å². The van der Waals surface area contributed by atoms with E-state index in [1.807, 2.05) is 25.1 Å². The van der Waals surface area contributed by atoms with Crippen molar-refractivity contribution in [2.45, 2.75) is 44.7 Å². The second-order valence-corrected chi connectivity index (χ2v) is 7.59. The Bertz CT molecular complexity index is 782. The molecule has 0 unspecified atom stereocenters. The van der Waals surface area contributed by atoms with Gasteiger partial charge in [0.05, 0.1) is 19.9 Å². The molecule has 0 bridgehead atoms. The summed E-state index contributed by atoms with van der Waals surface area (Å²) >= 11 is 1.40. The SMILES string of the molecule is COc1ccc(-c2nc(C)c(C(=O)NC3CCC(N)CC3)s2)cc1OC. The topological polar surface area (TPSA) is 86.5 Å². The maximum atomic E-state index is 12.7. The van der Waals surface area contributed by atoms with Gasteiger partial charge >= 0.3 is 0 Å². The van der Waals surface area contributed by atoms with Gasteiger partial charge in [0.2, 0.25) is 0 Å². The zero-order chi connectivity index (χ0) is 18.7. The monoisotopic (exact) mass is 375 g/mol. The average Bonchev–Trinajstić information content (AvgIpc) is 3.05. The summed E-state index contributed by atoms with van der Waals surface area (Å²) in [4.78, 5) is 17.9. The number of rotatable bonds is 5. The maximum Gasteiger partial charge on any atom is 0.263 e. The minimum absolute atomic E-state index is 0.0489. The minimum Gasteiger partial charge on any atom is -0.493 e. The van der Waals surface area contributed by atoms with E-state index in [9.17, 15) is 4.79 Å². The quantitative estimate of drug-likeness (QED) is 0.838. The Hall–Kier alpha value is -2.12. The highest BCUT2D eigenvalue weighted by molar-refractivity contribution is 7.17. The fourth-order valence-corrected chi connectivity index (χ4v) is 4.18. The molecule has 1 amide bonds. The number of methoxy groups -OCH3 is 2. The molecule has 0 atom stereocenters. The summed E-state index contributed by atoms with van der Waals surface area (Å²) in [5, 5.41) is 3.92. The van der Waals surface area contributed by atoms with Crippen molar-refractivity contribution in [2.75, 3.05) is 14.2 Å². The van der Waals surface area contributed by atoms with Crippen molar-refractivity contribution in [3.8, 4) is 22.1 Å². The number of carbonyl (C=O) groups is 1. The molecule has 1 fully saturated rings. The molecule has 3 rings (SSSR count). The van der Waals surface area contributed by atoms with Crippen molar-refractivity contribution >= 4 is 17.2 Å². The summed E-state index contributed by atoms with van der Waals surface area (Å²) in [6, 6.07) is 6.11. The van der Waals surface area contributed by atoms with E-state index >= 15 is 0 Å². The smallest absolute Gasteiger partial charge is 0.263 e. The Labute approximate surface area is 157 Å². The molecule has 1 saturated carbocycles. The minimum atomic E-state index is -0.0489. The third kappa shape index (κ3) is 3.99. The van der Waals surface area contributed by atoms with E-state index in [0.29, 0.717) is 16.4 Å². The van der Waals surface area contributed by atoms with Gasteiger partial charge < -0.3 is 20.5 Å². The summed E-state index contributed by atoms with van der Waals surface area (Å²) in [7, 11) is 3.20. The first-order valence-corrected chi connectivity index (χ1v) is 9.59. The van der Waals surface area contributed by atoms with Gasteiger partial charge in [-0.1, -0.05) is 0 Å². The van der Waals surface area contributed by atoms with Gasteiger partial charge in [-0.05, 0) is 50.8 Å². The lowest BCUT2D eigenvalue weighted by Crippen LogP contribution is -2.40. The summed E-state index contributed by atoms with van der Waals surface area (Å²) in [6.45, 7) is 1.87. The fourth-order valence-electron chi connectivity index (χ4n) is 3.21. The molecule has 140 valence electrons. The Morgan fingerprint density at radius 2 is 1.88 bits per heavy atom. The molecule has 7 heteroatoms. The third-order valence-electron chi connectivity index (χ3n) is 4.74. The molecule has 1 heterocycles. The van der Waals surface area contributed by atoms with Crippen LogP contribution in [0.5, 0.6) is 11.5 Å². The van der Waals surface area contributed by atoms with E-state index in [-0.39, 0.29) is 18.0 Å². The molecule has 6 nitrogen and oxygen atoms in total. The van der Waals surface area contributed by atoms with Gasteiger partial charge in [-0.2, -0.15) is 0 Å². The first-order chi connectivity index (χ1) is 12.5.